The number of halogens is 1. The Hall–Kier alpha value is -1.58. The highest BCUT2D eigenvalue weighted by atomic mass is 19.1. The molecule has 0 aliphatic heterocycles. The lowest BCUT2D eigenvalue weighted by molar-refractivity contribution is 0.0485. The molecule has 0 spiro atoms. The van der Waals surface area contributed by atoms with E-state index in [1.54, 1.807) is 0 Å². The number of ether oxygens (including phenoxy) is 1. The average Bonchev–Trinajstić information content (AvgIpc) is 2.32. The Bertz CT molecular complexity index is 469. The lowest BCUT2D eigenvalue weighted by Crippen LogP contribution is -2.48. The lowest BCUT2D eigenvalue weighted by Gasteiger charge is -2.40. The zero-order valence-corrected chi connectivity index (χ0v) is 11.6. The second-order valence-corrected chi connectivity index (χ2v) is 5.24. The number of rotatable bonds is 4. The highest BCUT2D eigenvalue weighted by Gasteiger charge is 2.32. The van der Waals surface area contributed by atoms with Crippen LogP contribution in [0.5, 0.6) is 5.75 Å². The predicted molar refractivity (Wildman–Crippen MR) is 71.9 cm³/mol. The van der Waals surface area contributed by atoms with Gasteiger partial charge in [-0.25, -0.2) is 4.39 Å². The van der Waals surface area contributed by atoms with Gasteiger partial charge in [0, 0.05) is 12.1 Å². The third-order valence-corrected chi connectivity index (χ3v) is 3.65. The van der Waals surface area contributed by atoms with Crippen LogP contribution >= 0.6 is 0 Å². The molecule has 0 radical (unpaired) electrons. The van der Waals surface area contributed by atoms with Gasteiger partial charge in [-0.05, 0) is 51.3 Å². The van der Waals surface area contributed by atoms with Gasteiger partial charge in [0.15, 0.2) is 0 Å². The summed E-state index contributed by atoms with van der Waals surface area (Å²) in [5.74, 6) is -0.131. The summed E-state index contributed by atoms with van der Waals surface area (Å²) in [5.41, 5.74) is 0.308. The molecule has 1 aromatic rings. The van der Waals surface area contributed by atoms with Gasteiger partial charge in [-0.3, -0.25) is 4.79 Å². The summed E-state index contributed by atoms with van der Waals surface area (Å²) < 4.78 is 18.5. The van der Waals surface area contributed by atoms with E-state index in [2.05, 4.69) is 0 Å². The third kappa shape index (κ3) is 2.72. The highest BCUT2D eigenvalue weighted by Crippen LogP contribution is 2.30. The zero-order valence-electron chi connectivity index (χ0n) is 11.6. The van der Waals surface area contributed by atoms with Crippen LogP contribution < -0.4 is 4.74 Å². The van der Waals surface area contributed by atoms with Crippen molar-refractivity contribution in [2.75, 3.05) is 7.11 Å². The molecule has 4 heteroatoms. The summed E-state index contributed by atoms with van der Waals surface area (Å²) in [6.07, 6.45) is 3.21. The van der Waals surface area contributed by atoms with Crippen molar-refractivity contribution >= 4 is 5.91 Å². The molecule has 0 heterocycles. The van der Waals surface area contributed by atoms with E-state index in [-0.39, 0.29) is 18.0 Å². The maximum atomic E-state index is 13.4. The number of benzene rings is 1. The van der Waals surface area contributed by atoms with Crippen molar-refractivity contribution in [3.63, 3.8) is 0 Å². The Morgan fingerprint density at radius 1 is 1.42 bits per heavy atom. The molecule has 19 heavy (non-hydrogen) atoms. The van der Waals surface area contributed by atoms with Gasteiger partial charge in [-0.2, -0.15) is 0 Å². The van der Waals surface area contributed by atoms with Gasteiger partial charge in [-0.15, -0.1) is 0 Å². The number of hydrogen-bond acceptors (Lipinski definition) is 2. The van der Waals surface area contributed by atoms with Crippen LogP contribution in [-0.4, -0.2) is 30.0 Å². The van der Waals surface area contributed by atoms with Crippen molar-refractivity contribution in [2.24, 2.45) is 0 Å². The molecule has 1 aromatic carbocycles. The number of carbonyl (C=O) groups is 1. The van der Waals surface area contributed by atoms with Gasteiger partial charge in [0.05, 0.1) is 12.7 Å². The van der Waals surface area contributed by atoms with Crippen LogP contribution in [0.1, 0.15) is 43.5 Å². The number of carbonyl (C=O) groups excluding carboxylic acids is 1. The van der Waals surface area contributed by atoms with Crippen molar-refractivity contribution in [3.05, 3.63) is 29.6 Å². The average molecular weight is 265 g/mol. The van der Waals surface area contributed by atoms with Crippen molar-refractivity contribution < 1.29 is 13.9 Å². The molecule has 1 saturated carbocycles. The molecule has 104 valence electrons. The van der Waals surface area contributed by atoms with Crippen molar-refractivity contribution in [2.45, 2.75) is 45.2 Å². The molecule has 1 aliphatic carbocycles. The van der Waals surface area contributed by atoms with E-state index in [1.807, 2.05) is 18.7 Å². The summed E-state index contributed by atoms with van der Waals surface area (Å²) in [7, 11) is 1.49. The van der Waals surface area contributed by atoms with E-state index in [9.17, 15) is 9.18 Å². The Balaban J connectivity index is 2.33. The van der Waals surface area contributed by atoms with E-state index in [4.69, 9.17) is 4.74 Å². The van der Waals surface area contributed by atoms with Crippen LogP contribution in [0.25, 0.3) is 0 Å². The first-order valence-electron chi connectivity index (χ1n) is 6.70. The van der Waals surface area contributed by atoms with Crippen molar-refractivity contribution in [3.8, 4) is 5.75 Å². The predicted octanol–water partition coefficient (Wildman–Crippen LogP) is 3.24. The van der Waals surface area contributed by atoms with Gasteiger partial charge < -0.3 is 9.64 Å². The summed E-state index contributed by atoms with van der Waals surface area (Å²) >= 11 is 0. The molecule has 0 bridgehead atoms. The van der Waals surface area contributed by atoms with Crippen molar-refractivity contribution in [1.82, 2.24) is 4.90 Å². The minimum absolute atomic E-state index is 0.103. The van der Waals surface area contributed by atoms with Crippen LogP contribution in [0.15, 0.2) is 18.2 Å². The smallest absolute Gasteiger partial charge is 0.258 e. The first-order valence-corrected chi connectivity index (χ1v) is 6.70. The summed E-state index contributed by atoms with van der Waals surface area (Å²) in [4.78, 5) is 14.5. The number of amides is 1. The second kappa shape index (κ2) is 5.59. The molecule has 1 fully saturated rings. The molecule has 0 saturated heterocycles. The van der Waals surface area contributed by atoms with E-state index in [0.717, 1.165) is 19.3 Å². The monoisotopic (exact) mass is 265 g/mol. The molecule has 2 rings (SSSR count). The Labute approximate surface area is 113 Å². The normalized spacial score (nSPS) is 15.2. The van der Waals surface area contributed by atoms with E-state index in [0.29, 0.717) is 11.3 Å². The third-order valence-electron chi connectivity index (χ3n) is 3.65. The van der Waals surface area contributed by atoms with Crippen LogP contribution in [0.4, 0.5) is 4.39 Å². The second-order valence-electron chi connectivity index (χ2n) is 5.24. The Morgan fingerprint density at radius 2 is 2.11 bits per heavy atom. The fourth-order valence-corrected chi connectivity index (χ4v) is 2.47. The maximum absolute atomic E-state index is 13.4. The van der Waals surface area contributed by atoms with E-state index >= 15 is 0 Å². The standard InChI is InChI=1S/C15H20FNO2/c1-10(2)17(12-5-4-6-12)15(18)13-9-11(16)7-8-14(13)19-3/h7-10,12H,4-6H2,1-3H3. The molecule has 0 N–H and O–H groups in total. The number of methoxy groups -OCH3 is 1. The number of nitrogens with zero attached hydrogens (tertiary/aromatic N) is 1. The maximum Gasteiger partial charge on any atom is 0.258 e. The Morgan fingerprint density at radius 3 is 2.58 bits per heavy atom. The topological polar surface area (TPSA) is 29.5 Å². The fraction of sp³-hybridized carbons (Fsp3) is 0.533. The largest absolute Gasteiger partial charge is 0.496 e. The first-order chi connectivity index (χ1) is 9.04. The van der Waals surface area contributed by atoms with Gasteiger partial charge in [0.1, 0.15) is 11.6 Å². The van der Waals surface area contributed by atoms with Gasteiger partial charge in [0.25, 0.3) is 5.91 Å². The van der Waals surface area contributed by atoms with Crippen LogP contribution in [0.3, 0.4) is 0 Å². The Kier molecular flexibility index (Phi) is 4.08. The minimum Gasteiger partial charge on any atom is -0.496 e. The molecule has 0 atom stereocenters. The van der Waals surface area contributed by atoms with Crippen LogP contribution in [0, 0.1) is 5.82 Å². The van der Waals surface area contributed by atoms with E-state index < -0.39 is 5.82 Å². The van der Waals surface area contributed by atoms with Gasteiger partial charge >= 0.3 is 0 Å². The summed E-state index contributed by atoms with van der Waals surface area (Å²) in [6, 6.07) is 4.45. The van der Waals surface area contributed by atoms with Crippen LogP contribution in [0.2, 0.25) is 0 Å². The SMILES string of the molecule is COc1ccc(F)cc1C(=O)N(C(C)C)C1CCC1. The summed E-state index contributed by atoms with van der Waals surface area (Å²) in [6.45, 7) is 3.98. The summed E-state index contributed by atoms with van der Waals surface area (Å²) in [5, 5.41) is 0. The molecule has 1 aliphatic rings. The van der Waals surface area contributed by atoms with E-state index in [1.165, 1.54) is 25.3 Å². The molecular formula is C15H20FNO2. The first kappa shape index (κ1) is 13.8. The van der Waals surface area contributed by atoms with Crippen LogP contribution in [-0.2, 0) is 0 Å². The number of hydrogen-bond donors (Lipinski definition) is 0. The lowest BCUT2D eigenvalue weighted by atomic mass is 9.90. The fourth-order valence-electron chi connectivity index (χ4n) is 2.47. The highest BCUT2D eigenvalue weighted by molar-refractivity contribution is 5.97. The zero-order chi connectivity index (χ0) is 14.0. The minimum atomic E-state index is -0.415. The molecule has 0 aromatic heterocycles. The van der Waals surface area contributed by atoms with Gasteiger partial charge in [-0.1, -0.05) is 0 Å². The molecule has 0 unspecified atom stereocenters. The quantitative estimate of drug-likeness (QED) is 0.836. The molecule has 1 amide bonds. The molecular weight excluding hydrogens is 245 g/mol. The van der Waals surface area contributed by atoms with Crippen molar-refractivity contribution in [1.29, 1.82) is 0 Å². The van der Waals surface area contributed by atoms with Gasteiger partial charge in [0.2, 0.25) is 0 Å². The molecule has 3 nitrogen and oxygen atoms in total.